The fraction of sp³-hybridized carbons (Fsp3) is 0.909. The molecule has 0 aliphatic carbocycles. The Bertz CT molecular complexity index is 348. The van der Waals surface area contributed by atoms with Gasteiger partial charge in [-0.25, -0.2) is 4.79 Å². The Hall–Kier alpha value is -0.990. The van der Waals surface area contributed by atoms with Crippen molar-refractivity contribution in [1.29, 1.82) is 0 Å². The quantitative estimate of drug-likeness (QED) is 0.493. The first-order valence-electron chi connectivity index (χ1n) is 6.03. The predicted octanol–water partition coefficient (Wildman–Crippen LogP) is 2.96. The smallest absolute Gasteiger partial charge is 0.437 e. The van der Waals surface area contributed by atoms with Gasteiger partial charge in [0, 0.05) is 0 Å². The summed E-state index contributed by atoms with van der Waals surface area (Å²) in [4.78, 5) is 11.1. The van der Waals surface area contributed by atoms with Gasteiger partial charge in [0.1, 0.15) is 0 Å². The molecule has 0 spiro atoms. The van der Waals surface area contributed by atoms with E-state index in [0.29, 0.717) is 12.8 Å². The molecule has 0 aromatic rings. The maximum absolute atomic E-state index is 12.9. The van der Waals surface area contributed by atoms with Crippen LogP contribution in [0.3, 0.4) is 0 Å². The van der Waals surface area contributed by atoms with E-state index in [1.165, 1.54) is 0 Å². The fourth-order valence-electron chi connectivity index (χ4n) is 2.35. The summed E-state index contributed by atoms with van der Waals surface area (Å²) in [6.07, 6.45) is -13.7. The maximum Gasteiger partial charge on any atom is 0.437 e. The molecule has 0 amide bonds. The van der Waals surface area contributed by atoms with Crippen LogP contribution in [-0.2, 0) is 9.53 Å². The summed E-state index contributed by atoms with van der Waals surface area (Å²) in [7, 11) is 0. The van der Waals surface area contributed by atoms with E-state index >= 15 is 0 Å². The van der Waals surface area contributed by atoms with Crippen LogP contribution in [-0.4, -0.2) is 35.1 Å². The Morgan fingerprint density at radius 3 is 2.05 bits per heavy atom. The van der Waals surface area contributed by atoms with E-state index in [2.05, 4.69) is 4.74 Å². The zero-order chi connectivity index (χ0) is 15.8. The van der Waals surface area contributed by atoms with Crippen LogP contribution in [0.4, 0.5) is 26.3 Å². The topological polar surface area (TPSA) is 46.5 Å². The second-order valence-corrected chi connectivity index (χ2v) is 4.70. The van der Waals surface area contributed by atoms with Crippen molar-refractivity contribution in [3.63, 3.8) is 0 Å². The van der Waals surface area contributed by atoms with Crippen LogP contribution in [0.1, 0.15) is 32.6 Å². The van der Waals surface area contributed by atoms with Gasteiger partial charge in [-0.3, -0.25) is 0 Å². The van der Waals surface area contributed by atoms with Gasteiger partial charge in [-0.2, -0.15) is 26.3 Å². The molecular weight excluding hydrogens is 294 g/mol. The molecule has 0 saturated carbocycles. The zero-order valence-corrected chi connectivity index (χ0v) is 10.5. The Labute approximate surface area is 110 Å². The van der Waals surface area contributed by atoms with Crippen molar-refractivity contribution in [1.82, 2.24) is 0 Å². The van der Waals surface area contributed by atoms with Crippen molar-refractivity contribution < 1.29 is 41.0 Å². The molecule has 0 aromatic heterocycles. The fourth-order valence-corrected chi connectivity index (χ4v) is 2.35. The van der Waals surface area contributed by atoms with Crippen LogP contribution in [0, 0.1) is 5.92 Å². The van der Waals surface area contributed by atoms with Gasteiger partial charge in [0.25, 0.3) is 0 Å². The lowest BCUT2D eigenvalue weighted by Gasteiger charge is -2.36. The van der Waals surface area contributed by atoms with Gasteiger partial charge in [-0.15, -0.1) is 0 Å². The highest BCUT2D eigenvalue weighted by atomic mass is 19.4. The highest BCUT2D eigenvalue weighted by Gasteiger charge is 2.81. The molecule has 0 bridgehead atoms. The molecule has 1 aliphatic heterocycles. The monoisotopic (exact) mass is 308 g/mol. The second kappa shape index (κ2) is 5.42. The number of halogens is 6. The first-order chi connectivity index (χ1) is 8.99. The highest BCUT2D eigenvalue weighted by Crippen LogP contribution is 2.55. The Kier molecular flexibility index (Phi) is 4.62. The Morgan fingerprint density at radius 1 is 1.15 bits per heavy atom. The summed E-state index contributed by atoms with van der Waals surface area (Å²) >= 11 is 0. The molecular formula is C11H14F6O3. The van der Waals surface area contributed by atoms with E-state index < -0.39 is 42.4 Å². The Morgan fingerprint density at radius 2 is 1.65 bits per heavy atom. The molecule has 0 unspecified atom stereocenters. The number of cyclic esters (lactones) is 1. The number of carbonyl (C=O) groups excluding carboxylic acids is 1. The molecule has 3 nitrogen and oxygen atoms in total. The standard InChI is InChI=1S/C11H14F6O3/c1-2-3-4-5-6-7(18)8(19)20-9(6,10(12,13)14)11(15,16)17/h6-7,18H,2-5H2,1H3/t6-,7+/m0/s1. The van der Waals surface area contributed by atoms with Crippen molar-refractivity contribution in [3.8, 4) is 0 Å². The molecule has 20 heavy (non-hydrogen) atoms. The van der Waals surface area contributed by atoms with Crippen LogP contribution in [0.25, 0.3) is 0 Å². The van der Waals surface area contributed by atoms with Gasteiger partial charge in [0.2, 0.25) is 0 Å². The third kappa shape index (κ3) is 2.59. The first kappa shape index (κ1) is 17.1. The van der Waals surface area contributed by atoms with Gasteiger partial charge in [-0.1, -0.05) is 26.2 Å². The van der Waals surface area contributed by atoms with Gasteiger partial charge in [0.05, 0.1) is 5.92 Å². The molecule has 118 valence electrons. The number of hydrogen-bond donors (Lipinski definition) is 1. The number of hydrogen-bond acceptors (Lipinski definition) is 3. The third-order valence-electron chi connectivity index (χ3n) is 3.37. The predicted molar refractivity (Wildman–Crippen MR) is 54.6 cm³/mol. The highest BCUT2D eigenvalue weighted by molar-refractivity contribution is 5.78. The minimum atomic E-state index is -5.84. The average Bonchev–Trinajstić information content (AvgIpc) is 2.53. The molecule has 2 atom stereocenters. The number of aliphatic hydroxyl groups excluding tert-OH is 1. The van der Waals surface area contributed by atoms with Crippen LogP contribution in [0.2, 0.25) is 0 Å². The summed E-state index contributed by atoms with van der Waals surface area (Å²) in [5, 5.41) is 9.34. The van der Waals surface area contributed by atoms with Crippen molar-refractivity contribution in [2.75, 3.05) is 0 Å². The second-order valence-electron chi connectivity index (χ2n) is 4.70. The lowest BCUT2D eigenvalue weighted by molar-refractivity contribution is -0.375. The molecule has 9 heteroatoms. The normalized spacial score (nSPS) is 26.7. The molecule has 0 aromatic carbocycles. The molecule has 1 N–H and O–H groups in total. The van der Waals surface area contributed by atoms with Gasteiger partial charge >= 0.3 is 23.9 Å². The van der Waals surface area contributed by atoms with Crippen LogP contribution >= 0.6 is 0 Å². The number of alkyl halides is 6. The average molecular weight is 308 g/mol. The van der Waals surface area contributed by atoms with Crippen LogP contribution < -0.4 is 0 Å². The minimum Gasteiger partial charge on any atom is -0.437 e. The number of aliphatic hydroxyl groups is 1. The number of rotatable bonds is 4. The van der Waals surface area contributed by atoms with E-state index in [0.717, 1.165) is 0 Å². The molecule has 1 heterocycles. The molecule has 1 saturated heterocycles. The van der Waals surface area contributed by atoms with E-state index in [4.69, 9.17) is 0 Å². The van der Waals surface area contributed by atoms with Crippen molar-refractivity contribution in [3.05, 3.63) is 0 Å². The van der Waals surface area contributed by atoms with E-state index in [1.807, 2.05) is 0 Å². The maximum atomic E-state index is 12.9. The number of ether oxygens (including phenoxy) is 1. The van der Waals surface area contributed by atoms with Gasteiger partial charge < -0.3 is 9.84 Å². The number of carbonyl (C=O) groups is 1. The molecule has 1 rings (SSSR count). The summed E-state index contributed by atoms with van der Waals surface area (Å²) in [6, 6.07) is 0. The zero-order valence-electron chi connectivity index (χ0n) is 10.5. The van der Waals surface area contributed by atoms with Gasteiger partial charge in [-0.05, 0) is 6.42 Å². The summed E-state index contributed by atoms with van der Waals surface area (Å²) in [5.41, 5.74) is -4.62. The van der Waals surface area contributed by atoms with Gasteiger partial charge in [0.15, 0.2) is 6.10 Å². The van der Waals surface area contributed by atoms with E-state index in [-0.39, 0.29) is 6.42 Å². The largest absolute Gasteiger partial charge is 0.437 e. The lowest BCUT2D eigenvalue weighted by Crippen LogP contribution is -2.61. The lowest BCUT2D eigenvalue weighted by atomic mass is 9.80. The first-order valence-corrected chi connectivity index (χ1v) is 6.03. The summed E-state index contributed by atoms with van der Waals surface area (Å²) in [5.74, 6) is -4.26. The molecule has 1 aliphatic rings. The summed E-state index contributed by atoms with van der Waals surface area (Å²) in [6.45, 7) is 1.72. The Balaban J connectivity index is 3.21. The van der Waals surface area contributed by atoms with Crippen molar-refractivity contribution in [2.24, 2.45) is 5.92 Å². The molecule has 0 radical (unpaired) electrons. The van der Waals surface area contributed by atoms with Crippen molar-refractivity contribution >= 4 is 5.97 Å². The third-order valence-corrected chi connectivity index (χ3v) is 3.37. The van der Waals surface area contributed by atoms with E-state index in [9.17, 15) is 36.2 Å². The van der Waals surface area contributed by atoms with Crippen LogP contribution in [0.5, 0.6) is 0 Å². The minimum absolute atomic E-state index is 0.0305. The van der Waals surface area contributed by atoms with E-state index in [1.54, 1.807) is 6.92 Å². The summed E-state index contributed by atoms with van der Waals surface area (Å²) < 4.78 is 81.1. The number of unbranched alkanes of at least 4 members (excludes halogenated alkanes) is 2. The van der Waals surface area contributed by atoms with Crippen molar-refractivity contribution in [2.45, 2.75) is 56.7 Å². The number of esters is 1. The SMILES string of the molecule is CCCCC[C@H]1[C@@H](O)C(=O)OC1(C(F)(F)F)C(F)(F)F. The molecule has 1 fully saturated rings. The van der Waals surface area contributed by atoms with Crippen LogP contribution in [0.15, 0.2) is 0 Å².